The van der Waals surface area contributed by atoms with Crippen molar-refractivity contribution in [1.29, 1.82) is 0 Å². The first kappa shape index (κ1) is 25.0. The van der Waals surface area contributed by atoms with Crippen LogP contribution in [0.25, 0.3) is 0 Å². The van der Waals surface area contributed by atoms with Crippen molar-refractivity contribution in [3.8, 4) is 5.75 Å². The molecular formula is C25H32N4O5. The summed E-state index contributed by atoms with van der Waals surface area (Å²) in [5, 5.41) is 17.5. The fourth-order valence-corrected chi connectivity index (χ4v) is 4.00. The van der Waals surface area contributed by atoms with Gasteiger partial charge < -0.3 is 25.8 Å². The molecule has 1 heterocycles. The highest BCUT2D eigenvalue weighted by atomic mass is 16.5. The zero-order chi connectivity index (χ0) is 24.5. The van der Waals surface area contributed by atoms with Gasteiger partial charge in [-0.05, 0) is 68.1 Å². The van der Waals surface area contributed by atoms with Gasteiger partial charge in [-0.15, -0.1) is 0 Å². The van der Waals surface area contributed by atoms with Gasteiger partial charge >= 0.3 is 12.0 Å². The van der Waals surface area contributed by atoms with E-state index >= 15 is 0 Å². The van der Waals surface area contributed by atoms with Gasteiger partial charge in [0, 0.05) is 12.2 Å². The smallest absolute Gasteiger partial charge is 0.323 e. The van der Waals surface area contributed by atoms with Gasteiger partial charge in [-0.1, -0.05) is 24.3 Å². The molecule has 3 amide bonds. The number of carboxylic acids is 1. The Bertz CT molecular complexity index is 1020. The molecule has 1 saturated heterocycles. The van der Waals surface area contributed by atoms with E-state index in [9.17, 15) is 14.4 Å². The summed E-state index contributed by atoms with van der Waals surface area (Å²) in [6, 6.07) is 12.3. The number of aryl methyl sites for hydroxylation is 1. The number of para-hydroxylation sites is 1. The Labute approximate surface area is 199 Å². The van der Waals surface area contributed by atoms with Crippen molar-refractivity contribution >= 4 is 29.3 Å². The molecule has 4 N–H and O–H groups in total. The normalized spacial score (nSPS) is 14.3. The van der Waals surface area contributed by atoms with Crippen LogP contribution in [0.4, 0.5) is 16.2 Å². The van der Waals surface area contributed by atoms with Crippen LogP contribution in [0.2, 0.25) is 0 Å². The fourth-order valence-electron chi connectivity index (χ4n) is 4.00. The molecule has 3 rings (SSSR count). The quantitative estimate of drug-likeness (QED) is 0.449. The zero-order valence-electron chi connectivity index (χ0n) is 19.6. The van der Waals surface area contributed by atoms with E-state index in [4.69, 9.17) is 9.84 Å². The van der Waals surface area contributed by atoms with Crippen molar-refractivity contribution in [1.82, 2.24) is 10.2 Å². The number of piperidine rings is 1. The molecule has 34 heavy (non-hydrogen) atoms. The third-order valence-corrected chi connectivity index (χ3v) is 5.92. The number of carbonyl (C=O) groups excluding carboxylic acids is 2. The number of aliphatic carboxylic acids is 1. The third kappa shape index (κ3) is 7.48. The molecule has 9 heteroatoms. The second-order valence-corrected chi connectivity index (χ2v) is 8.52. The van der Waals surface area contributed by atoms with E-state index in [0.29, 0.717) is 29.6 Å². The van der Waals surface area contributed by atoms with E-state index < -0.39 is 12.0 Å². The van der Waals surface area contributed by atoms with Crippen LogP contribution in [-0.4, -0.2) is 61.2 Å². The molecule has 0 radical (unpaired) electrons. The van der Waals surface area contributed by atoms with Crippen molar-refractivity contribution in [3.05, 3.63) is 53.6 Å². The predicted octanol–water partition coefficient (Wildman–Crippen LogP) is 3.10. The number of hydrogen-bond acceptors (Lipinski definition) is 5. The van der Waals surface area contributed by atoms with Gasteiger partial charge in [-0.3, -0.25) is 14.5 Å². The minimum Gasteiger partial charge on any atom is -0.495 e. The van der Waals surface area contributed by atoms with E-state index in [1.54, 1.807) is 18.2 Å². The summed E-state index contributed by atoms with van der Waals surface area (Å²) in [6.07, 6.45) is 1.90. The molecule has 9 nitrogen and oxygen atoms in total. The van der Waals surface area contributed by atoms with Gasteiger partial charge in [-0.25, -0.2) is 4.79 Å². The maximum Gasteiger partial charge on any atom is 0.323 e. The molecule has 0 unspecified atom stereocenters. The molecule has 2 aromatic carbocycles. The number of likely N-dealkylation sites (tertiary alicyclic amines) is 1. The molecule has 0 aliphatic carbocycles. The molecule has 1 aliphatic rings. The van der Waals surface area contributed by atoms with E-state index in [2.05, 4.69) is 16.0 Å². The largest absolute Gasteiger partial charge is 0.495 e. The minimum absolute atomic E-state index is 0.0654. The second kappa shape index (κ2) is 12.0. The average molecular weight is 469 g/mol. The first-order chi connectivity index (χ1) is 16.3. The summed E-state index contributed by atoms with van der Waals surface area (Å²) < 4.78 is 5.36. The summed E-state index contributed by atoms with van der Waals surface area (Å²) in [7, 11) is 1.52. The molecule has 1 fully saturated rings. The molecule has 2 aromatic rings. The summed E-state index contributed by atoms with van der Waals surface area (Å²) in [4.78, 5) is 37.7. The van der Waals surface area contributed by atoms with Gasteiger partial charge in [0.05, 0.1) is 25.8 Å². The number of nitrogens with zero attached hydrogens (tertiary/aromatic N) is 1. The van der Waals surface area contributed by atoms with Gasteiger partial charge in [0.2, 0.25) is 5.91 Å². The Hall–Kier alpha value is -3.59. The Morgan fingerprint density at radius 2 is 1.76 bits per heavy atom. The number of anilines is 2. The van der Waals surface area contributed by atoms with Crippen LogP contribution in [0.15, 0.2) is 42.5 Å². The van der Waals surface area contributed by atoms with Crippen LogP contribution < -0.4 is 20.7 Å². The first-order valence-corrected chi connectivity index (χ1v) is 11.4. The first-order valence-electron chi connectivity index (χ1n) is 11.4. The zero-order valence-corrected chi connectivity index (χ0v) is 19.6. The molecule has 0 bridgehead atoms. The number of methoxy groups -OCH3 is 1. The Balaban J connectivity index is 1.51. The van der Waals surface area contributed by atoms with Crippen LogP contribution in [-0.2, 0) is 16.0 Å². The monoisotopic (exact) mass is 468 g/mol. The third-order valence-electron chi connectivity index (χ3n) is 5.92. The molecule has 182 valence electrons. The van der Waals surface area contributed by atoms with Crippen LogP contribution in [0.5, 0.6) is 5.75 Å². The van der Waals surface area contributed by atoms with Crippen LogP contribution >= 0.6 is 0 Å². The molecule has 1 aliphatic heterocycles. The number of carbonyl (C=O) groups is 3. The molecular weight excluding hydrogens is 436 g/mol. The van der Waals surface area contributed by atoms with E-state index in [1.807, 2.05) is 36.1 Å². The number of amides is 3. The van der Waals surface area contributed by atoms with Crippen LogP contribution in [0.1, 0.15) is 24.0 Å². The Kier molecular flexibility index (Phi) is 8.86. The molecule has 0 saturated carbocycles. The van der Waals surface area contributed by atoms with Gasteiger partial charge in [0.1, 0.15) is 5.75 Å². The number of carboxylic acid groups (broad SMARTS) is 1. The van der Waals surface area contributed by atoms with Crippen molar-refractivity contribution in [2.45, 2.75) is 26.2 Å². The number of rotatable bonds is 9. The lowest BCUT2D eigenvalue weighted by atomic mass is 9.96. The maximum absolute atomic E-state index is 12.5. The van der Waals surface area contributed by atoms with E-state index in [0.717, 1.165) is 37.1 Å². The number of urea groups is 1. The lowest BCUT2D eigenvalue weighted by Crippen LogP contribution is -2.40. The topological polar surface area (TPSA) is 120 Å². The van der Waals surface area contributed by atoms with E-state index in [-0.39, 0.29) is 18.9 Å². The summed E-state index contributed by atoms with van der Waals surface area (Å²) in [6.45, 7) is 4.00. The van der Waals surface area contributed by atoms with Crippen LogP contribution in [0, 0.1) is 12.8 Å². The van der Waals surface area contributed by atoms with Crippen LogP contribution in [0.3, 0.4) is 0 Å². The van der Waals surface area contributed by atoms with Crippen molar-refractivity contribution < 1.29 is 24.2 Å². The molecule has 0 aromatic heterocycles. The highest BCUT2D eigenvalue weighted by Crippen LogP contribution is 2.26. The fraction of sp³-hybridized carbons (Fsp3) is 0.400. The van der Waals surface area contributed by atoms with Gasteiger partial charge in [-0.2, -0.15) is 0 Å². The SMILES string of the molecule is COc1ccc(CC(=O)NCC2CCN(CC(=O)O)CC2)cc1NC(=O)Nc1ccccc1C. The average Bonchev–Trinajstić information content (AvgIpc) is 2.80. The Morgan fingerprint density at radius 3 is 2.44 bits per heavy atom. The summed E-state index contributed by atoms with van der Waals surface area (Å²) in [5.41, 5.74) is 2.89. The second-order valence-electron chi connectivity index (χ2n) is 8.52. The lowest BCUT2D eigenvalue weighted by molar-refractivity contribution is -0.138. The molecule has 0 spiro atoms. The van der Waals surface area contributed by atoms with E-state index in [1.165, 1.54) is 7.11 Å². The van der Waals surface area contributed by atoms with Crippen molar-refractivity contribution in [2.75, 3.05) is 43.9 Å². The number of nitrogens with one attached hydrogen (secondary N) is 3. The van der Waals surface area contributed by atoms with Crippen molar-refractivity contribution in [3.63, 3.8) is 0 Å². The number of ether oxygens (including phenoxy) is 1. The molecule has 0 atom stereocenters. The summed E-state index contributed by atoms with van der Waals surface area (Å²) in [5.74, 6) is -0.0781. The minimum atomic E-state index is -0.812. The van der Waals surface area contributed by atoms with Gasteiger partial charge in [0.15, 0.2) is 0 Å². The number of benzene rings is 2. The standard InChI is InChI=1S/C25H32N4O5/c1-17-5-3-4-6-20(17)27-25(33)28-21-13-19(7-8-22(21)34-2)14-23(30)26-15-18-9-11-29(12-10-18)16-24(31)32/h3-8,13,18H,9-12,14-16H2,1-2H3,(H,26,30)(H,31,32)(H2,27,28,33). The lowest BCUT2D eigenvalue weighted by Gasteiger charge is -2.30. The summed E-state index contributed by atoms with van der Waals surface area (Å²) >= 11 is 0. The van der Waals surface area contributed by atoms with Gasteiger partial charge in [0.25, 0.3) is 0 Å². The maximum atomic E-state index is 12.5. The van der Waals surface area contributed by atoms with Crippen molar-refractivity contribution in [2.24, 2.45) is 5.92 Å². The Morgan fingerprint density at radius 1 is 1.06 bits per heavy atom. The highest BCUT2D eigenvalue weighted by Gasteiger charge is 2.21. The predicted molar refractivity (Wildman–Crippen MR) is 130 cm³/mol. The number of hydrogen-bond donors (Lipinski definition) is 4. The highest BCUT2D eigenvalue weighted by molar-refractivity contribution is 6.01.